The molecule has 0 radical (unpaired) electrons. The number of alkyl halides is 2. The Morgan fingerprint density at radius 2 is 1.42 bits per heavy atom. The molecule has 2 heterocycles. The number of hydrogen-bond donors (Lipinski definition) is 0. The van der Waals surface area contributed by atoms with Crippen molar-refractivity contribution in [1.82, 2.24) is 0 Å². The van der Waals surface area contributed by atoms with Crippen LogP contribution in [0.3, 0.4) is 0 Å². The molecule has 0 aliphatic carbocycles. The molecule has 3 aromatic rings. The molecule has 0 spiro atoms. The van der Waals surface area contributed by atoms with E-state index in [0.29, 0.717) is 0 Å². The molecule has 26 heavy (non-hydrogen) atoms. The van der Waals surface area contributed by atoms with Crippen molar-refractivity contribution in [3.05, 3.63) is 96.1 Å². The van der Waals surface area contributed by atoms with Crippen molar-refractivity contribution in [1.29, 1.82) is 0 Å². The van der Waals surface area contributed by atoms with E-state index in [-0.39, 0.29) is 5.25 Å². The van der Waals surface area contributed by atoms with Gasteiger partial charge in [0, 0.05) is 10.1 Å². The van der Waals surface area contributed by atoms with Crippen molar-refractivity contribution < 1.29 is 0 Å². The lowest BCUT2D eigenvalue weighted by molar-refractivity contribution is 0.605. The van der Waals surface area contributed by atoms with Crippen LogP contribution in [-0.4, -0.2) is 4.46 Å². The van der Waals surface area contributed by atoms with E-state index >= 15 is 0 Å². The number of thioether (sulfide) groups is 1. The molecule has 2 aliphatic rings. The fourth-order valence-electron chi connectivity index (χ4n) is 4.11. The molecule has 0 aromatic heterocycles. The number of hydrogen-bond acceptors (Lipinski definition) is 2. The van der Waals surface area contributed by atoms with Crippen molar-refractivity contribution in [2.45, 2.75) is 26.6 Å². The number of para-hydroxylation sites is 1. The van der Waals surface area contributed by atoms with Gasteiger partial charge in [0.05, 0.1) is 5.69 Å². The molecule has 1 nitrogen and oxygen atoms in total. The van der Waals surface area contributed by atoms with Gasteiger partial charge < -0.3 is 4.90 Å². The highest BCUT2D eigenvalue weighted by molar-refractivity contribution is 7.99. The van der Waals surface area contributed by atoms with Gasteiger partial charge in [-0.2, -0.15) is 0 Å². The standard InChI is InChI=1S/C22H17Cl2NS/c23-22(24)21(17-11-5-2-6-12-17)15-20(16-9-3-1-4-10-16)26-19-14-8-7-13-18(19)25(21)22/h1-14,20H,15H2/t20-,21+,25?/m1/s1. The molecule has 1 saturated heterocycles. The molecule has 3 aromatic carbocycles. The molecule has 0 amide bonds. The third-order valence-corrected chi connectivity index (χ3v) is 7.67. The van der Waals surface area contributed by atoms with Crippen molar-refractivity contribution in [2.75, 3.05) is 4.90 Å². The van der Waals surface area contributed by atoms with E-state index in [1.807, 2.05) is 17.8 Å². The summed E-state index contributed by atoms with van der Waals surface area (Å²) in [5, 5.41) is 0.280. The number of halogens is 2. The molecule has 2 atom stereocenters. The lowest BCUT2D eigenvalue weighted by Gasteiger charge is -2.22. The summed E-state index contributed by atoms with van der Waals surface area (Å²) in [6, 6.07) is 29.5. The van der Waals surface area contributed by atoms with E-state index in [0.717, 1.165) is 12.1 Å². The van der Waals surface area contributed by atoms with Crippen LogP contribution in [0.2, 0.25) is 0 Å². The van der Waals surface area contributed by atoms with Gasteiger partial charge >= 0.3 is 0 Å². The average Bonchev–Trinajstić information content (AvgIpc) is 3.24. The zero-order valence-electron chi connectivity index (χ0n) is 14.0. The largest absolute Gasteiger partial charge is 0.322 e. The van der Waals surface area contributed by atoms with Crippen LogP contribution in [0.25, 0.3) is 0 Å². The summed E-state index contributed by atoms with van der Waals surface area (Å²) >= 11 is 15.8. The van der Waals surface area contributed by atoms with E-state index in [1.54, 1.807) is 0 Å². The Hall–Kier alpha value is -1.61. The molecule has 4 heteroatoms. The maximum absolute atomic E-state index is 6.94. The second-order valence-electron chi connectivity index (χ2n) is 6.79. The minimum absolute atomic E-state index is 0.280. The van der Waals surface area contributed by atoms with Crippen molar-refractivity contribution >= 4 is 40.7 Å². The summed E-state index contributed by atoms with van der Waals surface area (Å²) in [5.41, 5.74) is 3.17. The summed E-state index contributed by atoms with van der Waals surface area (Å²) in [5.74, 6) is 0. The maximum atomic E-state index is 6.94. The smallest absolute Gasteiger partial charge is 0.219 e. The Morgan fingerprint density at radius 1 is 0.808 bits per heavy atom. The van der Waals surface area contributed by atoms with Gasteiger partial charge in [0.1, 0.15) is 5.54 Å². The minimum atomic E-state index is -0.946. The Balaban J connectivity index is 1.71. The van der Waals surface area contributed by atoms with Crippen LogP contribution in [0.15, 0.2) is 89.8 Å². The molecule has 5 rings (SSSR count). The Morgan fingerprint density at radius 3 is 2.15 bits per heavy atom. The number of nitrogens with zero attached hydrogens (tertiary/aromatic N) is 1. The fourth-order valence-corrected chi connectivity index (χ4v) is 6.40. The summed E-state index contributed by atoms with van der Waals surface area (Å²) in [7, 11) is 0. The van der Waals surface area contributed by atoms with E-state index in [2.05, 4.69) is 83.8 Å². The first kappa shape index (κ1) is 16.6. The summed E-state index contributed by atoms with van der Waals surface area (Å²) < 4.78 is -0.946. The molecular weight excluding hydrogens is 381 g/mol. The summed E-state index contributed by atoms with van der Waals surface area (Å²) in [4.78, 5) is 3.41. The van der Waals surface area contributed by atoms with Gasteiger partial charge in [-0.25, -0.2) is 0 Å². The van der Waals surface area contributed by atoms with Crippen molar-refractivity contribution in [2.24, 2.45) is 0 Å². The van der Waals surface area contributed by atoms with Crippen molar-refractivity contribution in [3.8, 4) is 0 Å². The average molecular weight is 398 g/mol. The SMILES string of the molecule is ClC1(Cl)N2c3ccccc3S[C@@H](c3ccccc3)C[C@@]21c1ccccc1. The third kappa shape index (κ3) is 2.26. The van der Waals surface area contributed by atoms with Gasteiger partial charge in [0.25, 0.3) is 0 Å². The molecule has 2 aliphatic heterocycles. The highest BCUT2D eigenvalue weighted by Gasteiger charge is 2.76. The first-order chi connectivity index (χ1) is 12.6. The number of benzene rings is 3. The molecule has 0 N–H and O–H groups in total. The maximum Gasteiger partial charge on any atom is 0.219 e. The van der Waals surface area contributed by atoms with Gasteiger partial charge in [0.2, 0.25) is 4.46 Å². The van der Waals surface area contributed by atoms with E-state index in [4.69, 9.17) is 23.2 Å². The first-order valence-corrected chi connectivity index (χ1v) is 10.3. The summed E-state index contributed by atoms with van der Waals surface area (Å²) in [6.07, 6.45) is 0.855. The predicted molar refractivity (Wildman–Crippen MR) is 111 cm³/mol. The zero-order chi connectivity index (χ0) is 17.8. The van der Waals surface area contributed by atoms with Crippen LogP contribution >= 0.6 is 35.0 Å². The Labute approximate surface area is 167 Å². The molecule has 130 valence electrons. The molecule has 1 fully saturated rings. The molecular formula is C22H17Cl2NS. The number of fused-ring (bicyclic) bond motifs is 3. The molecule has 0 saturated carbocycles. The second kappa shape index (κ2) is 5.95. The number of rotatable bonds is 2. The zero-order valence-corrected chi connectivity index (χ0v) is 16.3. The lowest BCUT2D eigenvalue weighted by atomic mass is 9.91. The highest BCUT2D eigenvalue weighted by Crippen LogP contribution is 2.72. The number of anilines is 1. The minimum Gasteiger partial charge on any atom is -0.322 e. The van der Waals surface area contributed by atoms with Crippen LogP contribution in [0, 0.1) is 0 Å². The first-order valence-electron chi connectivity index (χ1n) is 8.69. The van der Waals surface area contributed by atoms with E-state index in [9.17, 15) is 0 Å². The van der Waals surface area contributed by atoms with Gasteiger partial charge in [-0.3, -0.25) is 0 Å². The van der Waals surface area contributed by atoms with E-state index in [1.165, 1.54) is 16.0 Å². The topological polar surface area (TPSA) is 3.01 Å². The van der Waals surface area contributed by atoms with E-state index < -0.39 is 10.00 Å². The van der Waals surface area contributed by atoms with Crippen LogP contribution in [-0.2, 0) is 5.54 Å². The van der Waals surface area contributed by atoms with Crippen LogP contribution in [0.5, 0.6) is 0 Å². The lowest BCUT2D eigenvalue weighted by Crippen LogP contribution is -2.19. The van der Waals surface area contributed by atoms with Gasteiger partial charge in [-0.05, 0) is 29.7 Å². The van der Waals surface area contributed by atoms with Gasteiger partial charge in [-0.1, -0.05) is 96.0 Å². The molecule has 0 bridgehead atoms. The van der Waals surface area contributed by atoms with Gasteiger partial charge in [0.15, 0.2) is 0 Å². The van der Waals surface area contributed by atoms with Crippen molar-refractivity contribution in [3.63, 3.8) is 0 Å². The quantitative estimate of drug-likeness (QED) is 0.266. The second-order valence-corrected chi connectivity index (χ2v) is 9.32. The van der Waals surface area contributed by atoms with Crippen LogP contribution in [0.4, 0.5) is 5.69 Å². The highest BCUT2D eigenvalue weighted by atomic mass is 35.5. The molecule has 0 unspecified atom stereocenters. The fraction of sp³-hybridized carbons (Fsp3) is 0.182. The normalized spacial score (nSPS) is 25.8. The van der Waals surface area contributed by atoms with Gasteiger partial charge in [-0.15, -0.1) is 11.8 Å². The third-order valence-electron chi connectivity index (χ3n) is 5.39. The Bertz CT molecular complexity index is 945. The summed E-state index contributed by atoms with van der Waals surface area (Å²) in [6.45, 7) is 0. The Kier molecular flexibility index (Phi) is 3.79. The monoisotopic (exact) mass is 397 g/mol. The van der Waals surface area contributed by atoms with Crippen LogP contribution < -0.4 is 4.90 Å². The van der Waals surface area contributed by atoms with Crippen LogP contribution in [0.1, 0.15) is 22.8 Å². The predicted octanol–water partition coefficient (Wildman–Crippen LogP) is 6.77.